The van der Waals surface area contributed by atoms with Crippen molar-refractivity contribution in [1.29, 1.82) is 0 Å². The summed E-state index contributed by atoms with van der Waals surface area (Å²) in [4.78, 5) is 26.2. The van der Waals surface area contributed by atoms with E-state index < -0.39 is 33.9 Å². The van der Waals surface area contributed by atoms with Crippen molar-refractivity contribution in [3.8, 4) is 0 Å². The lowest BCUT2D eigenvalue weighted by atomic mass is 9.79. The molecule has 0 spiro atoms. The van der Waals surface area contributed by atoms with E-state index in [9.17, 15) is 18.0 Å². The summed E-state index contributed by atoms with van der Waals surface area (Å²) in [5.41, 5.74) is 1.89. The molecule has 0 aromatic heterocycles. The number of benzene rings is 2. The summed E-state index contributed by atoms with van der Waals surface area (Å²) in [7, 11) is -3.78. The normalized spacial score (nSPS) is 12.9. The van der Waals surface area contributed by atoms with Crippen molar-refractivity contribution in [1.82, 2.24) is 0 Å². The predicted octanol–water partition coefficient (Wildman–Crippen LogP) is 4.10. The standard InChI is InChI=1S/C25H31NO7S/c1-18(2)22(15-19(3)26-33-34(4,29)30)23(24(27)31-16-20-11-7-5-8-12-20)25(28)32-17-21-13-9-6-10-14-21/h5-14,18,22-23H,15-17H2,1-4H3/b26-19+. The van der Waals surface area contributed by atoms with E-state index in [-0.39, 0.29) is 25.6 Å². The molecule has 0 amide bonds. The smallest absolute Gasteiger partial charge is 0.325 e. The van der Waals surface area contributed by atoms with Crippen LogP contribution < -0.4 is 0 Å². The minimum atomic E-state index is -3.78. The molecule has 2 aromatic carbocycles. The molecule has 9 heteroatoms. The Hall–Kier alpha value is -3.20. The fraction of sp³-hybridized carbons (Fsp3) is 0.400. The molecule has 2 aromatic rings. The van der Waals surface area contributed by atoms with Gasteiger partial charge in [0.1, 0.15) is 13.2 Å². The second-order valence-corrected chi connectivity index (χ2v) is 9.94. The maximum absolute atomic E-state index is 13.1. The van der Waals surface area contributed by atoms with Crippen molar-refractivity contribution < 1.29 is 31.8 Å². The van der Waals surface area contributed by atoms with Gasteiger partial charge in [-0.15, -0.1) is 0 Å². The summed E-state index contributed by atoms with van der Waals surface area (Å²) in [6, 6.07) is 18.3. The molecule has 0 saturated heterocycles. The molecule has 2 rings (SSSR count). The van der Waals surface area contributed by atoms with Crippen LogP contribution in [0.15, 0.2) is 65.8 Å². The monoisotopic (exact) mass is 489 g/mol. The van der Waals surface area contributed by atoms with Crippen molar-refractivity contribution in [2.24, 2.45) is 22.9 Å². The third-order valence-electron chi connectivity index (χ3n) is 5.10. The second-order valence-electron chi connectivity index (χ2n) is 8.38. The number of rotatable bonds is 12. The molecule has 1 unspecified atom stereocenters. The number of ether oxygens (including phenoxy) is 2. The quantitative estimate of drug-likeness (QED) is 0.191. The van der Waals surface area contributed by atoms with E-state index in [0.717, 1.165) is 17.4 Å². The summed E-state index contributed by atoms with van der Waals surface area (Å²) in [6.45, 7) is 5.31. The van der Waals surface area contributed by atoms with Gasteiger partial charge in [-0.05, 0) is 36.3 Å². The zero-order valence-corrected chi connectivity index (χ0v) is 20.7. The fourth-order valence-corrected chi connectivity index (χ4v) is 3.59. The first kappa shape index (κ1) is 27.0. The first-order valence-corrected chi connectivity index (χ1v) is 12.7. The second kappa shape index (κ2) is 12.9. The summed E-state index contributed by atoms with van der Waals surface area (Å²) in [5.74, 6) is -3.36. The first-order valence-electron chi connectivity index (χ1n) is 10.9. The zero-order chi connectivity index (χ0) is 25.1. The number of carbonyl (C=O) groups is 2. The molecule has 184 valence electrons. The molecule has 34 heavy (non-hydrogen) atoms. The highest BCUT2D eigenvalue weighted by Gasteiger charge is 2.39. The average Bonchev–Trinajstić information content (AvgIpc) is 2.80. The van der Waals surface area contributed by atoms with Crippen LogP contribution in [0.3, 0.4) is 0 Å². The largest absolute Gasteiger partial charge is 0.460 e. The molecule has 8 nitrogen and oxygen atoms in total. The van der Waals surface area contributed by atoms with Gasteiger partial charge in [-0.1, -0.05) is 79.7 Å². The van der Waals surface area contributed by atoms with E-state index in [4.69, 9.17) is 9.47 Å². The Morgan fingerprint density at radius 2 is 1.29 bits per heavy atom. The molecule has 0 aliphatic heterocycles. The van der Waals surface area contributed by atoms with Crippen LogP contribution in [-0.2, 0) is 46.7 Å². The van der Waals surface area contributed by atoms with Gasteiger partial charge >= 0.3 is 22.1 Å². The van der Waals surface area contributed by atoms with Crippen LogP contribution in [0.2, 0.25) is 0 Å². The van der Waals surface area contributed by atoms with E-state index in [1.165, 1.54) is 0 Å². The maximum Gasteiger partial charge on any atom is 0.325 e. The highest BCUT2D eigenvalue weighted by molar-refractivity contribution is 7.85. The van der Waals surface area contributed by atoms with E-state index in [1.807, 2.05) is 74.5 Å². The van der Waals surface area contributed by atoms with Crippen LogP contribution in [0.4, 0.5) is 0 Å². The highest BCUT2D eigenvalue weighted by atomic mass is 32.2. The molecule has 0 aliphatic carbocycles. The Kier molecular flexibility index (Phi) is 10.2. The SMILES string of the molecule is C/C(CC(C(C)C)C(C(=O)OCc1ccccc1)C(=O)OCc1ccccc1)=N\OS(C)(=O)=O. The lowest BCUT2D eigenvalue weighted by molar-refractivity contribution is -0.167. The van der Waals surface area contributed by atoms with E-state index >= 15 is 0 Å². The van der Waals surface area contributed by atoms with Gasteiger partial charge in [0.15, 0.2) is 5.92 Å². The molecular weight excluding hydrogens is 458 g/mol. The van der Waals surface area contributed by atoms with Gasteiger partial charge in [-0.3, -0.25) is 13.9 Å². The summed E-state index contributed by atoms with van der Waals surface area (Å²) in [5, 5.41) is 3.63. The molecule has 0 aliphatic rings. The third kappa shape index (κ3) is 9.35. The van der Waals surface area contributed by atoms with E-state index in [2.05, 4.69) is 9.44 Å². The topological polar surface area (TPSA) is 108 Å². The van der Waals surface area contributed by atoms with Crippen LogP contribution >= 0.6 is 0 Å². The van der Waals surface area contributed by atoms with Gasteiger partial charge in [0, 0.05) is 0 Å². The lowest BCUT2D eigenvalue weighted by Crippen LogP contribution is -2.37. The van der Waals surface area contributed by atoms with Gasteiger partial charge in [0.2, 0.25) is 0 Å². The number of hydrogen-bond acceptors (Lipinski definition) is 8. The van der Waals surface area contributed by atoms with Crippen molar-refractivity contribution in [3.05, 3.63) is 71.8 Å². The summed E-state index contributed by atoms with van der Waals surface area (Å²) in [6.07, 6.45) is 1.02. The van der Waals surface area contributed by atoms with Crippen molar-refractivity contribution >= 4 is 27.8 Å². The van der Waals surface area contributed by atoms with Crippen LogP contribution in [-0.4, -0.2) is 32.3 Å². The van der Waals surface area contributed by atoms with Crippen LogP contribution in [0.25, 0.3) is 0 Å². The Morgan fingerprint density at radius 1 is 0.853 bits per heavy atom. The van der Waals surface area contributed by atoms with E-state index in [1.54, 1.807) is 6.92 Å². The Balaban J connectivity index is 2.23. The Morgan fingerprint density at radius 3 is 1.68 bits per heavy atom. The molecule has 0 radical (unpaired) electrons. The lowest BCUT2D eigenvalue weighted by Gasteiger charge is -2.27. The van der Waals surface area contributed by atoms with Gasteiger partial charge in [-0.2, -0.15) is 8.42 Å². The van der Waals surface area contributed by atoms with Crippen LogP contribution in [0, 0.1) is 17.8 Å². The zero-order valence-electron chi connectivity index (χ0n) is 19.8. The number of esters is 2. The van der Waals surface area contributed by atoms with Crippen LogP contribution in [0.5, 0.6) is 0 Å². The summed E-state index contributed by atoms with van der Waals surface area (Å²) < 4.78 is 38.0. The highest BCUT2D eigenvalue weighted by Crippen LogP contribution is 2.29. The minimum Gasteiger partial charge on any atom is -0.460 e. The van der Waals surface area contributed by atoms with E-state index in [0.29, 0.717) is 5.71 Å². The van der Waals surface area contributed by atoms with Crippen molar-refractivity contribution in [2.45, 2.75) is 40.4 Å². The fourth-order valence-electron chi connectivity index (χ4n) is 3.33. The number of oxime groups is 1. The minimum absolute atomic E-state index is 0.0111. The first-order chi connectivity index (χ1) is 16.1. The molecule has 1 atom stereocenters. The third-order valence-corrected chi connectivity index (χ3v) is 5.45. The number of carbonyl (C=O) groups excluding carboxylic acids is 2. The molecule has 0 bridgehead atoms. The molecule has 0 saturated carbocycles. The van der Waals surface area contributed by atoms with Gasteiger partial charge in [-0.25, -0.2) is 0 Å². The Bertz CT molecular complexity index is 1010. The van der Waals surface area contributed by atoms with Gasteiger partial charge in [0.25, 0.3) is 0 Å². The van der Waals surface area contributed by atoms with Crippen molar-refractivity contribution in [3.63, 3.8) is 0 Å². The van der Waals surface area contributed by atoms with Crippen molar-refractivity contribution in [2.75, 3.05) is 6.26 Å². The number of hydrogen-bond donors (Lipinski definition) is 0. The molecule has 0 heterocycles. The average molecular weight is 490 g/mol. The number of nitrogens with zero attached hydrogens (tertiary/aromatic N) is 1. The van der Waals surface area contributed by atoms with Gasteiger partial charge in [0.05, 0.1) is 12.0 Å². The van der Waals surface area contributed by atoms with Crippen LogP contribution in [0.1, 0.15) is 38.3 Å². The maximum atomic E-state index is 13.1. The molecule has 0 N–H and O–H groups in total. The van der Waals surface area contributed by atoms with Gasteiger partial charge < -0.3 is 9.47 Å². The predicted molar refractivity (Wildman–Crippen MR) is 128 cm³/mol. The Labute approximate surface area is 201 Å². The molecule has 0 fully saturated rings. The summed E-state index contributed by atoms with van der Waals surface area (Å²) >= 11 is 0. The molecular formula is C25H31NO7S.